The highest BCUT2D eigenvalue weighted by molar-refractivity contribution is 6.20. The number of terminal acetylenes is 2. The molecule has 6 aromatic carbocycles. The number of rotatable bonds is 9. The molecule has 3 aromatic heterocycles. The minimum absolute atomic E-state index is 0.407. The molecule has 3 heterocycles. The highest BCUT2D eigenvalue weighted by atomic mass is 16.3. The van der Waals surface area contributed by atoms with Gasteiger partial charge in [0.25, 0.3) is 0 Å². The van der Waals surface area contributed by atoms with Crippen molar-refractivity contribution in [2.45, 2.75) is 18.3 Å². The van der Waals surface area contributed by atoms with E-state index in [1.165, 1.54) is 16.7 Å². The third-order valence-electron chi connectivity index (χ3n) is 11.4. The molecule has 1 aliphatic rings. The number of fused-ring (bicyclic) bond motifs is 10. The Morgan fingerprint density at radius 1 is 0.559 bits per heavy atom. The second kappa shape index (κ2) is 14.8. The normalized spacial score (nSPS) is 13.4. The molecule has 0 N–H and O–H groups in total. The molecule has 5 heteroatoms. The van der Waals surface area contributed by atoms with Crippen LogP contribution in [-0.4, -0.2) is 19.5 Å². The van der Waals surface area contributed by atoms with Crippen LogP contribution in [0.2, 0.25) is 0 Å². The highest BCUT2D eigenvalue weighted by Gasteiger charge is 2.43. The van der Waals surface area contributed by atoms with Crippen molar-refractivity contribution < 1.29 is 4.42 Å². The van der Waals surface area contributed by atoms with Gasteiger partial charge in [-0.25, -0.2) is 4.98 Å². The minimum Gasteiger partial charge on any atom is -0.456 e. The summed E-state index contributed by atoms with van der Waals surface area (Å²) >= 11 is 0. The predicted molar refractivity (Wildman–Crippen MR) is 242 cm³/mol. The van der Waals surface area contributed by atoms with Gasteiger partial charge >= 0.3 is 0 Å². The quantitative estimate of drug-likeness (QED) is 0.109. The monoisotopic (exact) mass is 756 g/mol. The van der Waals surface area contributed by atoms with Crippen molar-refractivity contribution >= 4 is 43.7 Å². The fourth-order valence-electron chi connectivity index (χ4n) is 8.80. The summed E-state index contributed by atoms with van der Waals surface area (Å²) in [4.78, 5) is 15.7. The van der Waals surface area contributed by atoms with Gasteiger partial charge in [0.15, 0.2) is 11.6 Å². The van der Waals surface area contributed by atoms with Gasteiger partial charge in [0, 0.05) is 49.7 Å². The first kappa shape index (κ1) is 35.4. The molecule has 9 aromatic rings. The molecule has 0 radical (unpaired) electrons. The Balaban J connectivity index is 1.33. The number of hydrogen-bond acceptors (Lipinski definition) is 4. The Morgan fingerprint density at radius 3 is 1.86 bits per heavy atom. The van der Waals surface area contributed by atoms with Crippen LogP contribution in [0.25, 0.3) is 83.6 Å². The summed E-state index contributed by atoms with van der Waals surface area (Å²) in [6.45, 7) is 0. The van der Waals surface area contributed by atoms with Gasteiger partial charge in [0.1, 0.15) is 11.2 Å². The molecular weight excluding hydrogens is 721 g/mol. The molecule has 10 rings (SSSR count). The smallest absolute Gasteiger partial charge is 0.238 e. The molecule has 0 bridgehead atoms. The summed E-state index contributed by atoms with van der Waals surface area (Å²) in [6, 6.07) is 46.2. The van der Waals surface area contributed by atoms with E-state index in [4.69, 9.17) is 32.2 Å². The SMILES string of the molecule is C#C/C=C\C=C/CC1(C/C=C\C=C/C#C)c2ccccc2-c2c1ccc1c3cc4c(cc3n(-c3nc(-c5ccccc5)nc(-c5ccccc5)n3)c21)oc1ccccc14. The number of nitrogens with zero attached hydrogens (tertiary/aromatic N) is 4. The van der Waals surface area contributed by atoms with E-state index in [0.717, 1.165) is 73.3 Å². The molecule has 278 valence electrons. The topological polar surface area (TPSA) is 56.7 Å². The van der Waals surface area contributed by atoms with E-state index < -0.39 is 5.41 Å². The van der Waals surface area contributed by atoms with Gasteiger partial charge in [-0.2, -0.15) is 9.97 Å². The van der Waals surface area contributed by atoms with Crippen LogP contribution in [-0.2, 0) is 5.41 Å². The van der Waals surface area contributed by atoms with Gasteiger partial charge < -0.3 is 4.42 Å². The van der Waals surface area contributed by atoms with E-state index in [9.17, 15) is 0 Å². The number of allylic oxidation sites excluding steroid dienone is 8. The Labute approximate surface area is 342 Å². The number of para-hydroxylation sites is 1. The molecule has 0 saturated carbocycles. The fourth-order valence-corrected chi connectivity index (χ4v) is 8.80. The maximum Gasteiger partial charge on any atom is 0.238 e. The minimum atomic E-state index is -0.407. The van der Waals surface area contributed by atoms with E-state index in [1.807, 2.05) is 97.1 Å². The fraction of sp³-hybridized carbons (Fsp3) is 0.0556. The molecule has 0 amide bonds. The van der Waals surface area contributed by atoms with Crippen molar-refractivity contribution in [1.82, 2.24) is 19.5 Å². The largest absolute Gasteiger partial charge is 0.456 e. The Morgan fingerprint density at radius 2 is 1.19 bits per heavy atom. The molecule has 0 spiro atoms. The van der Waals surface area contributed by atoms with Crippen molar-refractivity contribution in [1.29, 1.82) is 0 Å². The van der Waals surface area contributed by atoms with Gasteiger partial charge in [-0.1, -0.05) is 164 Å². The standard InChI is InChI=1S/C54H36N4O/c1-3-5-7-9-21-33-54(34-22-10-8-6-4-2)44-29-19-17-28-41(44)49-45(54)32-31-40-42-35-43-39-27-18-20-30-47(39)59-48(43)36-46(42)58(50(40)49)53-56-51(37-23-13-11-14-24-37)55-52(57-53)38-25-15-12-16-26-38/h1-2,5-32,35-36H,33-34H2/b7-5-,8-6-,21-9-,22-10-. The summed E-state index contributed by atoms with van der Waals surface area (Å²) in [5.41, 5.74) is 9.81. The number of benzene rings is 6. The average molecular weight is 757 g/mol. The van der Waals surface area contributed by atoms with Crippen LogP contribution < -0.4 is 0 Å². The third kappa shape index (κ3) is 5.97. The van der Waals surface area contributed by atoms with Crippen LogP contribution in [0.4, 0.5) is 0 Å². The lowest BCUT2D eigenvalue weighted by Gasteiger charge is -2.30. The molecule has 0 aliphatic heterocycles. The van der Waals surface area contributed by atoms with Crippen LogP contribution in [0.3, 0.4) is 0 Å². The van der Waals surface area contributed by atoms with Gasteiger partial charge in [0.2, 0.25) is 5.95 Å². The zero-order valence-corrected chi connectivity index (χ0v) is 32.1. The highest BCUT2D eigenvalue weighted by Crippen LogP contribution is 2.56. The summed E-state index contributed by atoms with van der Waals surface area (Å²) < 4.78 is 8.78. The Bertz CT molecular complexity index is 3200. The predicted octanol–water partition coefficient (Wildman–Crippen LogP) is 12.7. The van der Waals surface area contributed by atoms with E-state index in [1.54, 1.807) is 12.2 Å². The molecular formula is C54H36N4O. The molecule has 0 fully saturated rings. The molecule has 5 nitrogen and oxygen atoms in total. The van der Waals surface area contributed by atoms with Crippen LogP contribution in [0.5, 0.6) is 0 Å². The zero-order valence-electron chi connectivity index (χ0n) is 32.1. The lowest BCUT2D eigenvalue weighted by molar-refractivity contribution is 0.542. The van der Waals surface area contributed by atoms with Gasteiger partial charge in [0.05, 0.1) is 11.0 Å². The van der Waals surface area contributed by atoms with Crippen LogP contribution in [0.15, 0.2) is 186 Å². The van der Waals surface area contributed by atoms with Gasteiger partial charge in [-0.05, 0) is 53.8 Å². The first-order valence-corrected chi connectivity index (χ1v) is 19.6. The Kier molecular flexibility index (Phi) is 8.90. The third-order valence-corrected chi connectivity index (χ3v) is 11.4. The van der Waals surface area contributed by atoms with Gasteiger partial charge in [-0.15, -0.1) is 12.8 Å². The maximum absolute atomic E-state index is 6.54. The van der Waals surface area contributed by atoms with E-state index in [2.05, 4.69) is 89.2 Å². The van der Waals surface area contributed by atoms with E-state index >= 15 is 0 Å². The van der Waals surface area contributed by atoms with Crippen molar-refractivity contribution in [3.8, 4) is 64.5 Å². The van der Waals surface area contributed by atoms with Crippen molar-refractivity contribution in [2.24, 2.45) is 0 Å². The van der Waals surface area contributed by atoms with E-state index in [0.29, 0.717) is 17.6 Å². The molecule has 0 unspecified atom stereocenters. The Hall–Kier alpha value is -7.99. The molecule has 1 aliphatic carbocycles. The maximum atomic E-state index is 6.54. The number of furan rings is 1. The van der Waals surface area contributed by atoms with Crippen molar-refractivity contribution in [2.75, 3.05) is 0 Å². The summed E-state index contributed by atoms with van der Waals surface area (Å²) in [5.74, 6) is 6.91. The van der Waals surface area contributed by atoms with Crippen molar-refractivity contribution in [3.05, 3.63) is 193 Å². The lowest BCUT2D eigenvalue weighted by atomic mass is 9.72. The first-order valence-electron chi connectivity index (χ1n) is 19.6. The second-order valence-electron chi connectivity index (χ2n) is 14.6. The van der Waals surface area contributed by atoms with E-state index in [-0.39, 0.29) is 0 Å². The average Bonchev–Trinajstić information content (AvgIpc) is 3.91. The lowest BCUT2D eigenvalue weighted by Crippen LogP contribution is -2.24. The zero-order chi connectivity index (χ0) is 39.8. The first-order chi connectivity index (χ1) is 29.2. The summed E-state index contributed by atoms with van der Waals surface area (Å²) in [7, 11) is 0. The van der Waals surface area contributed by atoms with Crippen LogP contribution in [0.1, 0.15) is 24.0 Å². The molecule has 59 heavy (non-hydrogen) atoms. The van der Waals surface area contributed by atoms with Gasteiger partial charge in [-0.3, -0.25) is 4.57 Å². The molecule has 0 atom stereocenters. The number of aromatic nitrogens is 4. The number of hydrogen-bond donors (Lipinski definition) is 0. The molecule has 0 saturated heterocycles. The van der Waals surface area contributed by atoms with Crippen LogP contribution in [0, 0.1) is 24.7 Å². The summed E-state index contributed by atoms with van der Waals surface area (Å²) in [6.07, 6.45) is 28.4. The van der Waals surface area contributed by atoms with Crippen molar-refractivity contribution in [3.63, 3.8) is 0 Å². The second-order valence-corrected chi connectivity index (χ2v) is 14.6. The van der Waals surface area contributed by atoms with Crippen LogP contribution >= 0.6 is 0 Å². The summed E-state index contributed by atoms with van der Waals surface area (Å²) in [5, 5.41) is 4.31.